The van der Waals surface area contributed by atoms with Crippen LogP contribution in [0, 0.1) is 5.41 Å². The maximum absolute atomic E-state index is 12.8. The molecule has 1 aromatic rings. The molecule has 2 saturated heterocycles. The van der Waals surface area contributed by atoms with Crippen molar-refractivity contribution in [2.24, 2.45) is 5.41 Å². The zero-order chi connectivity index (χ0) is 16.4. The predicted octanol–water partition coefficient (Wildman–Crippen LogP) is 1.45. The van der Waals surface area contributed by atoms with E-state index in [9.17, 15) is 9.59 Å². The van der Waals surface area contributed by atoms with Gasteiger partial charge in [0.2, 0.25) is 5.91 Å². The lowest BCUT2D eigenvalue weighted by molar-refractivity contribution is -0.119. The lowest BCUT2D eigenvalue weighted by Crippen LogP contribution is -2.44. The standard InChI is InChI=1S/C17H22N2O4/c1-22-12-3-4-13(14(9-12)23-2)16(21)19-7-5-17(6-8-19)10-15(20)18-11-17/h3-4,9H,5-8,10-11H2,1-2H3,(H,18,20). The van der Waals surface area contributed by atoms with Gasteiger partial charge in [-0.15, -0.1) is 0 Å². The number of nitrogens with zero attached hydrogens (tertiary/aromatic N) is 1. The molecule has 23 heavy (non-hydrogen) atoms. The number of ether oxygens (including phenoxy) is 2. The Balaban J connectivity index is 1.71. The maximum Gasteiger partial charge on any atom is 0.257 e. The van der Waals surface area contributed by atoms with Gasteiger partial charge in [-0.25, -0.2) is 0 Å². The number of hydrogen-bond acceptors (Lipinski definition) is 4. The summed E-state index contributed by atoms with van der Waals surface area (Å²) in [6.45, 7) is 2.08. The van der Waals surface area contributed by atoms with Crippen LogP contribution in [0.15, 0.2) is 18.2 Å². The van der Waals surface area contributed by atoms with Gasteiger partial charge < -0.3 is 19.7 Å². The van der Waals surface area contributed by atoms with Gasteiger partial charge in [-0.2, -0.15) is 0 Å². The van der Waals surface area contributed by atoms with E-state index in [-0.39, 0.29) is 17.2 Å². The highest BCUT2D eigenvalue weighted by atomic mass is 16.5. The van der Waals surface area contributed by atoms with Crippen molar-refractivity contribution < 1.29 is 19.1 Å². The van der Waals surface area contributed by atoms with E-state index in [1.165, 1.54) is 0 Å². The number of benzene rings is 1. The average Bonchev–Trinajstić information content (AvgIpc) is 2.94. The molecule has 0 atom stereocenters. The van der Waals surface area contributed by atoms with Gasteiger partial charge in [0.15, 0.2) is 0 Å². The summed E-state index contributed by atoms with van der Waals surface area (Å²) in [7, 11) is 3.13. The Morgan fingerprint density at radius 2 is 1.96 bits per heavy atom. The summed E-state index contributed by atoms with van der Waals surface area (Å²) in [6, 6.07) is 5.23. The topological polar surface area (TPSA) is 67.9 Å². The van der Waals surface area contributed by atoms with E-state index in [1.54, 1.807) is 32.4 Å². The fourth-order valence-corrected chi connectivity index (χ4v) is 3.43. The highest BCUT2D eigenvalue weighted by Gasteiger charge is 2.41. The molecule has 0 bridgehead atoms. The molecule has 0 aliphatic carbocycles. The molecule has 3 rings (SSSR count). The molecule has 0 saturated carbocycles. The third-order valence-corrected chi connectivity index (χ3v) is 4.95. The molecule has 6 heteroatoms. The summed E-state index contributed by atoms with van der Waals surface area (Å²) in [5.74, 6) is 1.28. The van der Waals surface area contributed by atoms with Crippen molar-refractivity contribution in [1.82, 2.24) is 10.2 Å². The minimum absolute atomic E-state index is 0.0309. The number of likely N-dealkylation sites (tertiary alicyclic amines) is 1. The third kappa shape index (κ3) is 2.98. The minimum atomic E-state index is -0.0309. The summed E-state index contributed by atoms with van der Waals surface area (Å²) in [5.41, 5.74) is 0.586. The van der Waals surface area contributed by atoms with Gasteiger partial charge in [0, 0.05) is 32.1 Å². The lowest BCUT2D eigenvalue weighted by atomic mass is 9.77. The first-order valence-corrected chi connectivity index (χ1v) is 7.85. The summed E-state index contributed by atoms with van der Waals surface area (Å²) in [6.07, 6.45) is 2.30. The van der Waals surface area contributed by atoms with Crippen LogP contribution in [0.1, 0.15) is 29.6 Å². The monoisotopic (exact) mass is 318 g/mol. The first kappa shape index (κ1) is 15.6. The minimum Gasteiger partial charge on any atom is -0.497 e. The van der Waals surface area contributed by atoms with Gasteiger partial charge in [-0.05, 0) is 30.4 Å². The Labute approximate surface area is 135 Å². The normalized spacial score (nSPS) is 19.6. The van der Waals surface area contributed by atoms with Gasteiger partial charge in [0.1, 0.15) is 11.5 Å². The number of piperidine rings is 1. The number of amides is 2. The molecule has 2 aliphatic heterocycles. The van der Waals surface area contributed by atoms with E-state index in [1.807, 2.05) is 4.90 Å². The Hall–Kier alpha value is -2.24. The van der Waals surface area contributed by atoms with Gasteiger partial charge in [-0.1, -0.05) is 0 Å². The fourth-order valence-electron chi connectivity index (χ4n) is 3.43. The summed E-state index contributed by atoms with van der Waals surface area (Å²) in [5, 5.41) is 2.91. The third-order valence-electron chi connectivity index (χ3n) is 4.95. The summed E-state index contributed by atoms with van der Waals surface area (Å²) in [4.78, 5) is 26.1. The molecule has 2 heterocycles. The molecule has 0 aromatic heterocycles. The molecule has 124 valence electrons. The molecular weight excluding hydrogens is 296 g/mol. The Kier molecular flexibility index (Phi) is 4.15. The lowest BCUT2D eigenvalue weighted by Gasteiger charge is -2.38. The number of nitrogens with one attached hydrogen (secondary N) is 1. The van der Waals surface area contributed by atoms with Crippen molar-refractivity contribution >= 4 is 11.8 Å². The van der Waals surface area contributed by atoms with E-state index in [4.69, 9.17) is 9.47 Å². The molecule has 2 aliphatic rings. The smallest absolute Gasteiger partial charge is 0.257 e. The largest absolute Gasteiger partial charge is 0.497 e. The van der Waals surface area contributed by atoms with Crippen LogP contribution < -0.4 is 14.8 Å². The number of carbonyl (C=O) groups excluding carboxylic acids is 2. The molecule has 0 unspecified atom stereocenters. The van der Waals surface area contributed by atoms with Crippen molar-refractivity contribution in [1.29, 1.82) is 0 Å². The second-order valence-corrected chi connectivity index (χ2v) is 6.31. The van der Waals surface area contributed by atoms with Gasteiger partial charge in [0.05, 0.1) is 19.8 Å². The van der Waals surface area contributed by atoms with Crippen molar-refractivity contribution in [3.05, 3.63) is 23.8 Å². The average molecular weight is 318 g/mol. The summed E-state index contributed by atoms with van der Waals surface area (Å²) >= 11 is 0. The first-order chi connectivity index (χ1) is 11.1. The number of hydrogen-bond donors (Lipinski definition) is 1. The van der Waals surface area contributed by atoms with Crippen molar-refractivity contribution in [2.45, 2.75) is 19.3 Å². The van der Waals surface area contributed by atoms with Crippen LogP contribution >= 0.6 is 0 Å². The Bertz CT molecular complexity index is 621. The molecule has 2 fully saturated rings. The zero-order valence-electron chi connectivity index (χ0n) is 13.6. The number of carbonyl (C=O) groups is 2. The molecule has 6 nitrogen and oxygen atoms in total. The van der Waals surface area contributed by atoms with E-state index in [0.29, 0.717) is 36.6 Å². The van der Waals surface area contributed by atoms with Gasteiger partial charge in [-0.3, -0.25) is 9.59 Å². The highest BCUT2D eigenvalue weighted by Crippen LogP contribution is 2.38. The first-order valence-electron chi connectivity index (χ1n) is 7.85. The Morgan fingerprint density at radius 3 is 2.52 bits per heavy atom. The SMILES string of the molecule is COc1ccc(C(=O)N2CCC3(CC2)CNC(=O)C3)c(OC)c1. The van der Waals surface area contributed by atoms with Crippen LogP contribution in [0.3, 0.4) is 0 Å². The van der Waals surface area contributed by atoms with Gasteiger partial charge in [0.25, 0.3) is 5.91 Å². The van der Waals surface area contributed by atoms with Crippen LogP contribution in [0.2, 0.25) is 0 Å². The van der Waals surface area contributed by atoms with Crippen molar-refractivity contribution in [2.75, 3.05) is 33.9 Å². The van der Waals surface area contributed by atoms with Crippen LogP contribution in [0.25, 0.3) is 0 Å². The van der Waals surface area contributed by atoms with Crippen LogP contribution in [-0.4, -0.2) is 50.6 Å². The van der Waals surface area contributed by atoms with Crippen molar-refractivity contribution in [3.63, 3.8) is 0 Å². The molecular formula is C17H22N2O4. The zero-order valence-corrected chi connectivity index (χ0v) is 13.6. The van der Waals surface area contributed by atoms with E-state index in [2.05, 4.69) is 5.32 Å². The van der Waals surface area contributed by atoms with Crippen molar-refractivity contribution in [3.8, 4) is 11.5 Å². The number of methoxy groups -OCH3 is 2. The molecule has 0 radical (unpaired) electrons. The number of rotatable bonds is 3. The molecule has 2 amide bonds. The van der Waals surface area contributed by atoms with Crippen LogP contribution in [0.4, 0.5) is 0 Å². The fraction of sp³-hybridized carbons (Fsp3) is 0.529. The quantitative estimate of drug-likeness (QED) is 0.916. The Morgan fingerprint density at radius 1 is 1.22 bits per heavy atom. The van der Waals surface area contributed by atoms with E-state index in [0.717, 1.165) is 19.4 Å². The summed E-state index contributed by atoms with van der Waals surface area (Å²) < 4.78 is 10.5. The van der Waals surface area contributed by atoms with E-state index >= 15 is 0 Å². The molecule has 1 spiro atoms. The highest BCUT2D eigenvalue weighted by molar-refractivity contribution is 5.97. The van der Waals surface area contributed by atoms with Crippen LogP contribution in [0.5, 0.6) is 11.5 Å². The molecule has 1 N–H and O–H groups in total. The maximum atomic E-state index is 12.8. The second kappa shape index (κ2) is 6.10. The van der Waals surface area contributed by atoms with E-state index < -0.39 is 0 Å². The predicted molar refractivity (Wildman–Crippen MR) is 84.7 cm³/mol. The molecule has 1 aromatic carbocycles. The van der Waals surface area contributed by atoms with Gasteiger partial charge >= 0.3 is 0 Å². The second-order valence-electron chi connectivity index (χ2n) is 6.31. The van der Waals surface area contributed by atoms with Crippen LogP contribution in [-0.2, 0) is 4.79 Å².